The second-order valence-corrected chi connectivity index (χ2v) is 8.50. The second kappa shape index (κ2) is 8.93. The van der Waals surface area contributed by atoms with Crippen molar-refractivity contribution in [2.24, 2.45) is 5.41 Å². The number of benzene rings is 2. The topological polar surface area (TPSA) is 89.9 Å². The zero-order valence-electron chi connectivity index (χ0n) is 17.6. The van der Waals surface area contributed by atoms with Gasteiger partial charge < -0.3 is 10.0 Å². The first-order valence-corrected chi connectivity index (χ1v) is 9.35. The van der Waals surface area contributed by atoms with E-state index >= 15 is 0 Å². The summed E-state index contributed by atoms with van der Waals surface area (Å²) in [7, 11) is -2.09. The molecule has 2 rings (SSSR count). The quantitative estimate of drug-likeness (QED) is 0.524. The van der Waals surface area contributed by atoms with Gasteiger partial charge in [0.05, 0.1) is 0 Å². The molecule has 0 spiro atoms. The first-order chi connectivity index (χ1) is 13.8. The molecular formula is C21H25BF2N2O4. The predicted molar refractivity (Wildman–Crippen MR) is 110 cm³/mol. The molecule has 2 aromatic rings. The third kappa shape index (κ3) is 5.87. The lowest BCUT2D eigenvalue weighted by Gasteiger charge is -2.30. The first kappa shape index (κ1) is 23.5. The van der Waals surface area contributed by atoms with Gasteiger partial charge in [-0.3, -0.25) is 15.0 Å². The minimum Gasteiger partial charge on any atom is -0.423 e. The molecule has 0 aromatic heterocycles. The number of halogens is 2. The van der Waals surface area contributed by atoms with E-state index in [-0.39, 0.29) is 6.54 Å². The lowest BCUT2D eigenvalue weighted by molar-refractivity contribution is 0.0505. The van der Waals surface area contributed by atoms with Crippen molar-refractivity contribution in [1.29, 1.82) is 0 Å². The van der Waals surface area contributed by atoms with Crippen molar-refractivity contribution in [1.82, 2.24) is 10.4 Å². The average molecular weight is 418 g/mol. The van der Waals surface area contributed by atoms with Crippen molar-refractivity contribution >= 4 is 24.4 Å². The van der Waals surface area contributed by atoms with E-state index in [0.717, 1.165) is 16.1 Å². The highest BCUT2D eigenvalue weighted by atomic mass is 19.1. The number of hydrogen-bond donors (Lipinski definition) is 3. The van der Waals surface area contributed by atoms with Crippen LogP contribution in [0.3, 0.4) is 0 Å². The molecule has 0 fully saturated rings. The maximum Gasteiger partial charge on any atom is 0.488 e. The molecule has 2 aromatic carbocycles. The van der Waals surface area contributed by atoms with Crippen molar-refractivity contribution in [3.05, 3.63) is 64.2 Å². The second-order valence-electron chi connectivity index (χ2n) is 8.50. The number of hydrazine groups is 1. The Balaban J connectivity index is 2.39. The summed E-state index contributed by atoms with van der Waals surface area (Å²) in [6, 6.07) is 6.53. The molecule has 0 bridgehead atoms. The summed E-state index contributed by atoms with van der Waals surface area (Å²) in [5.41, 5.74) is 2.56. The fourth-order valence-corrected chi connectivity index (χ4v) is 3.03. The summed E-state index contributed by atoms with van der Waals surface area (Å²) in [4.78, 5) is 25.7. The van der Waals surface area contributed by atoms with E-state index in [1.54, 1.807) is 12.1 Å². The molecule has 9 heteroatoms. The molecule has 2 amide bonds. The summed E-state index contributed by atoms with van der Waals surface area (Å²) in [6.07, 6.45) is 0. The molecule has 0 unspecified atom stereocenters. The Hall–Kier alpha value is -2.78. The van der Waals surface area contributed by atoms with Crippen molar-refractivity contribution < 1.29 is 28.4 Å². The maximum absolute atomic E-state index is 14.3. The minimum atomic E-state index is -2.09. The SMILES string of the molecule is Cc1cc(C)cc(C(=O)N(CC(C)(C)C)NC(=O)c2c(F)cc(B(O)O)cc2F)c1. The van der Waals surface area contributed by atoms with E-state index in [1.165, 1.54) is 0 Å². The Bertz CT molecular complexity index is 931. The number of rotatable bonds is 4. The number of carbonyl (C=O) groups is 2. The van der Waals surface area contributed by atoms with E-state index in [4.69, 9.17) is 10.0 Å². The number of nitrogens with zero attached hydrogens (tertiary/aromatic N) is 1. The van der Waals surface area contributed by atoms with Gasteiger partial charge in [0.1, 0.15) is 17.2 Å². The molecule has 0 aliphatic rings. The normalized spacial score (nSPS) is 11.2. The van der Waals surface area contributed by atoms with Gasteiger partial charge in [-0.2, -0.15) is 0 Å². The largest absolute Gasteiger partial charge is 0.488 e. The standard InChI is InChI=1S/C21H25BF2N2O4/c1-12-6-13(2)8-14(7-12)20(28)26(11-21(3,4)5)25-19(27)18-16(23)9-15(22(29)30)10-17(18)24/h6-10,29-30H,11H2,1-5H3,(H,25,27). The Kier molecular flexibility index (Phi) is 7.00. The van der Waals surface area contributed by atoms with Crippen LogP contribution in [0.25, 0.3) is 0 Å². The van der Waals surface area contributed by atoms with Crippen LogP contribution in [0.15, 0.2) is 30.3 Å². The van der Waals surface area contributed by atoms with Gasteiger partial charge in [0.2, 0.25) is 0 Å². The molecule has 160 valence electrons. The fourth-order valence-electron chi connectivity index (χ4n) is 3.03. The Morgan fingerprint density at radius 3 is 1.93 bits per heavy atom. The van der Waals surface area contributed by atoms with Crippen LogP contribution in [0.5, 0.6) is 0 Å². The van der Waals surface area contributed by atoms with Gasteiger partial charge in [-0.15, -0.1) is 0 Å². The zero-order valence-corrected chi connectivity index (χ0v) is 17.6. The minimum absolute atomic E-state index is 0.0846. The molecule has 0 radical (unpaired) electrons. The van der Waals surface area contributed by atoms with Gasteiger partial charge in [-0.1, -0.05) is 38.0 Å². The van der Waals surface area contributed by atoms with Crippen LogP contribution in [-0.4, -0.2) is 40.5 Å². The average Bonchev–Trinajstić information content (AvgIpc) is 2.57. The summed E-state index contributed by atoms with van der Waals surface area (Å²) >= 11 is 0. The van der Waals surface area contributed by atoms with Gasteiger partial charge in [-0.05, 0) is 49.0 Å². The third-order valence-corrected chi connectivity index (χ3v) is 4.17. The number of carbonyl (C=O) groups excluding carboxylic acids is 2. The van der Waals surface area contributed by atoms with Gasteiger partial charge in [-0.25, -0.2) is 13.8 Å². The Morgan fingerprint density at radius 1 is 1.00 bits per heavy atom. The fraction of sp³-hybridized carbons (Fsp3) is 0.333. The molecule has 0 saturated heterocycles. The zero-order chi connectivity index (χ0) is 22.8. The summed E-state index contributed by atoms with van der Waals surface area (Å²) in [5, 5.41) is 19.2. The molecule has 30 heavy (non-hydrogen) atoms. The van der Waals surface area contributed by atoms with E-state index in [9.17, 15) is 18.4 Å². The number of hydrogen-bond acceptors (Lipinski definition) is 4. The highest BCUT2D eigenvalue weighted by Crippen LogP contribution is 2.19. The first-order valence-electron chi connectivity index (χ1n) is 9.35. The predicted octanol–water partition coefficient (Wildman–Crippen LogP) is 2.09. The molecule has 0 heterocycles. The van der Waals surface area contributed by atoms with Crippen LogP contribution in [0.4, 0.5) is 8.78 Å². The van der Waals surface area contributed by atoms with Gasteiger partial charge >= 0.3 is 7.12 Å². The summed E-state index contributed by atoms with van der Waals surface area (Å²) in [5.74, 6) is -4.23. The number of aryl methyl sites for hydroxylation is 2. The molecule has 3 N–H and O–H groups in total. The third-order valence-electron chi connectivity index (χ3n) is 4.17. The molecule has 6 nitrogen and oxygen atoms in total. The van der Waals surface area contributed by atoms with Crippen molar-refractivity contribution in [2.75, 3.05) is 6.54 Å². The molecule has 0 saturated carbocycles. The maximum atomic E-state index is 14.3. The summed E-state index contributed by atoms with van der Waals surface area (Å²) < 4.78 is 28.6. The van der Waals surface area contributed by atoms with Gasteiger partial charge in [0.25, 0.3) is 11.8 Å². The van der Waals surface area contributed by atoms with E-state index in [0.29, 0.717) is 17.7 Å². The van der Waals surface area contributed by atoms with Crippen molar-refractivity contribution in [3.63, 3.8) is 0 Å². The number of nitrogens with one attached hydrogen (secondary N) is 1. The van der Waals surface area contributed by atoms with Crippen molar-refractivity contribution in [2.45, 2.75) is 34.6 Å². The smallest absolute Gasteiger partial charge is 0.423 e. The molecular weight excluding hydrogens is 393 g/mol. The molecule has 0 aliphatic heterocycles. The van der Waals surface area contributed by atoms with E-state index < -0.39 is 47.0 Å². The van der Waals surface area contributed by atoms with Crippen LogP contribution in [0, 0.1) is 30.9 Å². The van der Waals surface area contributed by atoms with E-state index in [2.05, 4.69) is 5.43 Å². The van der Waals surface area contributed by atoms with Gasteiger partial charge in [0, 0.05) is 12.1 Å². The number of amides is 2. The van der Waals surface area contributed by atoms with Crippen LogP contribution in [-0.2, 0) is 0 Å². The van der Waals surface area contributed by atoms with E-state index in [1.807, 2.05) is 40.7 Å². The van der Waals surface area contributed by atoms with Crippen LogP contribution >= 0.6 is 0 Å². The lowest BCUT2D eigenvalue weighted by Crippen LogP contribution is -2.50. The Morgan fingerprint density at radius 2 is 1.50 bits per heavy atom. The monoisotopic (exact) mass is 418 g/mol. The van der Waals surface area contributed by atoms with Crippen LogP contribution in [0.1, 0.15) is 52.6 Å². The summed E-state index contributed by atoms with van der Waals surface area (Å²) in [6.45, 7) is 9.29. The molecule has 0 atom stereocenters. The van der Waals surface area contributed by atoms with Gasteiger partial charge in [0.15, 0.2) is 0 Å². The van der Waals surface area contributed by atoms with Crippen LogP contribution < -0.4 is 10.9 Å². The molecule has 0 aliphatic carbocycles. The van der Waals surface area contributed by atoms with Crippen LogP contribution in [0.2, 0.25) is 0 Å². The highest BCUT2D eigenvalue weighted by Gasteiger charge is 2.28. The lowest BCUT2D eigenvalue weighted by atomic mass is 9.79. The highest BCUT2D eigenvalue weighted by molar-refractivity contribution is 6.58. The Labute approximate surface area is 174 Å². The van der Waals surface area contributed by atoms with Crippen molar-refractivity contribution in [3.8, 4) is 0 Å².